The Bertz CT molecular complexity index is 749. The summed E-state index contributed by atoms with van der Waals surface area (Å²) in [4.78, 5) is 12.6. The lowest BCUT2D eigenvalue weighted by Crippen LogP contribution is -2.35. The lowest BCUT2D eigenvalue weighted by molar-refractivity contribution is -0.120. The second-order valence-electron chi connectivity index (χ2n) is 8.19. The molecule has 0 saturated carbocycles. The first-order valence-electron chi connectivity index (χ1n) is 9.76. The van der Waals surface area contributed by atoms with Crippen LogP contribution in [0.15, 0.2) is 30.3 Å². The Hall–Kier alpha value is -2.05. The molecule has 0 radical (unpaired) electrons. The van der Waals surface area contributed by atoms with Gasteiger partial charge < -0.3 is 15.0 Å². The van der Waals surface area contributed by atoms with Crippen molar-refractivity contribution in [2.45, 2.75) is 70.6 Å². The van der Waals surface area contributed by atoms with Crippen molar-refractivity contribution in [3.05, 3.63) is 47.5 Å². The normalized spacial score (nSPS) is 15.4. The zero-order valence-corrected chi connectivity index (χ0v) is 16.4. The van der Waals surface area contributed by atoms with E-state index in [9.17, 15) is 4.79 Å². The summed E-state index contributed by atoms with van der Waals surface area (Å²) in [6.07, 6.45) is 3.96. The highest BCUT2D eigenvalue weighted by Crippen LogP contribution is 2.25. The van der Waals surface area contributed by atoms with Crippen LogP contribution in [0, 0.1) is 0 Å². The van der Waals surface area contributed by atoms with Crippen molar-refractivity contribution in [2.24, 2.45) is 5.73 Å². The predicted octanol–water partition coefficient (Wildman–Crippen LogP) is 3.00. The number of Topliss-reactive ketones (excluding diaryl/α,β-unsaturated/α-hetero) is 1. The van der Waals surface area contributed by atoms with Crippen molar-refractivity contribution in [3.63, 3.8) is 0 Å². The molecule has 6 nitrogen and oxygen atoms in total. The number of carbonyl (C=O) groups excluding carboxylic acids is 1. The van der Waals surface area contributed by atoms with Gasteiger partial charge in [-0.05, 0) is 32.3 Å². The lowest BCUT2D eigenvalue weighted by atomic mass is 9.93. The van der Waals surface area contributed by atoms with Gasteiger partial charge in [0.1, 0.15) is 17.4 Å². The quantitative estimate of drug-likeness (QED) is 0.734. The summed E-state index contributed by atoms with van der Waals surface area (Å²) >= 11 is 0. The molecule has 0 aliphatic carbocycles. The van der Waals surface area contributed by atoms with Gasteiger partial charge in [0.25, 0.3) is 0 Å². The Morgan fingerprint density at radius 2 is 2.04 bits per heavy atom. The lowest BCUT2D eigenvalue weighted by Gasteiger charge is -2.22. The molecule has 3 rings (SSSR count). The van der Waals surface area contributed by atoms with E-state index in [0.717, 1.165) is 43.0 Å². The van der Waals surface area contributed by atoms with Gasteiger partial charge in [0.2, 0.25) is 0 Å². The molecule has 0 bridgehead atoms. The smallest absolute Gasteiger partial charge is 0.138 e. The van der Waals surface area contributed by atoms with Gasteiger partial charge in [0.15, 0.2) is 0 Å². The molecule has 6 heteroatoms. The van der Waals surface area contributed by atoms with Crippen LogP contribution in [0.3, 0.4) is 0 Å². The number of hydrogen-bond acceptors (Lipinski definition) is 5. The number of benzene rings is 1. The number of ether oxygens (including phenoxy) is 1. The van der Waals surface area contributed by atoms with Crippen LogP contribution in [0.4, 0.5) is 0 Å². The Morgan fingerprint density at radius 3 is 2.78 bits per heavy atom. The number of aryl methyl sites for hydroxylation is 1. The van der Waals surface area contributed by atoms with E-state index in [2.05, 4.69) is 14.8 Å². The van der Waals surface area contributed by atoms with Crippen LogP contribution in [-0.4, -0.2) is 32.7 Å². The Kier molecular flexibility index (Phi) is 6.39. The molecular formula is C21H30N4O2. The van der Waals surface area contributed by atoms with Gasteiger partial charge in [0.05, 0.1) is 13.2 Å². The van der Waals surface area contributed by atoms with Crippen LogP contribution in [-0.2, 0) is 29.1 Å². The largest absolute Gasteiger partial charge is 0.376 e. The van der Waals surface area contributed by atoms with Crippen LogP contribution in [0.1, 0.15) is 62.7 Å². The Labute approximate surface area is 161 Å². The second-order valence-corrected chi connectivity index (χ2v) is 8.19. The topological polar surface area (TPSA) is 83.0 Å². The number of rotatable bonds is 9. The van der Waals surface area contributed by atoms with Gasteiger partial charge in [-0.2, -0.15) is 0 Å². The highest BCUT2D eigenvalue weighted by atomic mass is 16.5. The van der Waals surface area contributed by atoms with E-state index >= 15 is 0 Å². The zero-order chi connectivity index (χ0) is 19.3. The van der Waals surface area contributed by atoms with E-state index in [-0.39, 0.29) is 11.7 Å². The number of hydrogen-bond donors (Lipinski definition) is 1. The second kappa shape index (κ2) is 8.76. The maximum absolute atomic E-state index is 12.6. The highest BCUT2D eigenvalue weighted by molar-refractivity contribution is 5.80. The average molecular weight is 370 g/mol. The van der Waals surface area contributed by atoms with E-state index in [1.165, 1.54) is 0 Å². The van der Waals surface area contributed by atoms with Gasteiger partial charge in [-0.25, -0.2) is 0 Å². The van der Waals surface area contributed by atoms with E-state index in [4.69, 9.17) is 10.5 Å². The maximum Gasteiger partial charge on any atom is 0.138 e. The summed E-state index contributed by atoms with van der Waals surface area (Å²) in [6.45, 7) is 5.65. The monoisotopic (exact) mass is 370 g/mol. The van der Waals surface area contributed by atoms with Gasteiger partial charge in [-0.1, -0.05) is 30.3 Å². The molecule has 1 aromatic heterocycles. The molecule has 0 spiro atoms. The van der Waals surface area contributed by atoms with Crippen LogP contribution >= 0.6 is 0 Å². The fourth-order valence-corrected chi connectivity index (χ4v) is 3.61. The molecule has 0 unspecified atom stereocenters. The molecule has 146 valence electrons. The molecule has 27 heavy (non-hydrogen) atoms. The molecule has 2 N–H and O–H groups in total. The van der Waals surface area contributed by atoms with Gasteiger partial charge in [-0.15, -0.1) is 10.2 Å². The number of aromatic nitrogens is 3. The van der Waals surface area contributed by atoms with E-state index in [1.54, 1.807) is 0 Å². The van der Waals surface area contributed by atoms with Crippen molar-refractivity contribution in [3.8, 4) is 0 Å². The molecule has 0 fully saturated rings. The van der Waals surface area contributed by atoms with Crippen molar-refractivity contribution in [2.75, 3.05) is 6.61 Å². The fourth-order valence-electron chi connectivity index (χ4n) is 3.61. The fraction of sp³-hybridized carbons (Fsp3) is 0.571. The summed E-state index contributed by atoms with van der Waals surface area (Å²) in [5.41, 5.74) is 6.65. The molecule has 0 amide bonds. The zero-order valence-electron chi connectivity index (χ0n) is 16.4. The van der Waals surface area contributed by atoms with Gasteiger partial charge in [-0.3, -0.25) is 4.79 Å². The average Bonchev–Trinajstić information content (AvgIpc) is 3.04. The van der Waals surface area contributed by atoms with Crippen molar-refractivity contribution in [1.29, 1.82) is 0 Å². The third-order valence-corrected chi connectivity index (χ3v) is 4.81. The SMILES string of the molecule is CC(C)(N)CC(=O)C[C@H](COCc1ccccc1)c1nnc2n1CCCC2. The standard InChI is InChI=1S/C21H30N4O2/c1-21(2,22)13-18(26)12-17(15-27-14-16-8-4-3-5-9-16)20-24-23-19-10-6-7-11-25(19)20/h3-5,8-9,17H,6-7,10-15,22H2,1-2H3/t17-/m1/s1. The van der Waals surface area contributed by atoms with Gasteiger partial charge >= 0.3 is 0 Å². The first-order chi connectivity index (χ1) is 12.9. The van der Waals surface area contributed by atoms with E-state index in [1.807, 2.05) is 44.2 Å². The van der Waals surface area contributed by atoms with Crippen LogP contribution in [0.25, 0.3) is 0 Å². The molecule has 1 aliphatic heterocycles. The minimum Gasteiger partial charge on any atom is -0.376 e. The summed E-state index contributed by atoms with van der Waals surface area (Å²) in [5, 5.41) is 8.77. The van der Waals surface area contributed by atoms with Crippen LogP contribution < -0.4 is 5.73 Å². The Morgan fingerprint density at radius 1 is 1.26 bits per heavy atom. The minimum atomic E-state index is -0.503. The number of ketones is 1. The molecule has 2 heterocycles. The molecule has 2 aromatic rings. The van der Waals surface area contributed by atoms with Crippen molar-refractivity contribution < 1.29 is 9.53 Å². The number of nitrogens with two attached hydrogens (primary N) is 1. The first kappa shape index (κ1) is 19.7. The molecule has 1 atom stereocenters. The van der Waals surface area contributed by atoms with Crippen molar-refractivity contribution in [1.82, 2.24) is 14.8 Å². The van der Waals surface area contributed by atoms with Crippen LogP contribution in [0.2, 0.25) is 0 Å². The number of carbonyl (C=O) groups is 1. The maximum atomic E-state index is 12.6. The predicted molar refractivity (Wildman–Crippen MR) is 104 cm³/mol. The molecular weight excluding hydrogens is 340 g/mol. The number of fused-ring (bicyclic) bond motifs is 1. The third-order valence-electron chi connectivity index (χ3n) is 4.81. The van der Waals surface area contributed by atoms with E-state index in [0.29, 0.717) is 26.1 Å². The Balaban J connectivity index is 1.70. The highest BCUT2D eigenvalue weighted by Gasteiger charge is 2.27. The first-order valence-corrected chi connectivity index (χ1v) is 9.76. The molecule has 0 saturated heterocycles. The molecule has 1 aliphatic rings. The number of nitrogens with zero attached hydrogens (tertiary/aromatic N) is 3. The third kappa shape index (κ3) is 5.71. The van der Waals surface area contributed by atoms with Crippen molar-refractivity contribution >= 4 is 5.78 Å². The molecule has 1 aromatic carbocycles. The minimum absolute atomic E-state index is 0.0945. The summed E-state index contributed by atoms with van der Waals surface area (Å²) in [6, 6.07) is 10.1. The summed E-state index contributed by atoms with van der Waals surface area (Å²) < 4.78 is 8.14. The van der Waals surface area contributed by atoms with Crippen LogP contribution in [0.5, 0.6) is 0 Å². The van der Waals surface area contributed by atoms with Gasteiger partial charge in [0, 0.05) is 37.3 Å². The summed E-state index contributed by atoms with van der Waals surface area (Å²) in [7, 11) is 0. The van der Waals surface area contributed by atoms with E-state index < -0.39 is 5.54 Å². The summed E-state index contributed by atoms with van der Waals surface area (Å²) in [5.74, 6) is 1.95.